The van der Waals surface area contributed by atoms with Crippen molar-refractivity contribution in [3.05, 3.63) is 12.7 Å². The Balaban J connectivity index is 0. The van der Waals surface area contributed by atoms with Crippen LogP contribution in [0.1, 0.15) is 6.92 Å². The quantitative estimate of drug-likeness (QED) is 0.241. The zero-order chi connectivity index (χ0) is 4.71. The van der Waals surface area contributed by atoms with Gasteiger partial charge in [0.15, 0.2) is 0 Å². The van der Waals surface area contributed by atoms with Gasteiger partial charge in [-0.3, -0.25) is 11.7 Å². The molecule has 0 radical (unpaired) electrons. The largest absolute Gasteiger partial charge is 0.274 e. The fourth-order valence-electron chi connectivity index (χ4n) is 0. The third-order valence-electron chi connectivity index (χ3n) is 0. The van der Waals surface area contributed by atoms with Crippen LogP contribution in [0.3, 0.4) is 0 Å². The van der Waals surface area contributed by atoms with Gasteiger partial charge in [0.25, 0.3) is 0 Å². The molecule has 4 N–H and O–H groups in total. The Morgan fingerprint density at radius 1 is 1.60 bits per heavy atom. The molecule has 0 bridgehead atoms. The molecule has 0 aromatic rings. The number of hydrazine groups is 1. The summed E-state index contributed by atoms with van der Waals surface area (Å²) in [6, 6.07) is 0. The second-order valence-corrected chi connectivity index (χ2v) is 0.408. The van der Waals surface area contributed by atoms with Gasteiger partial charge in [0.05, 0.1) is 0 Å². The molecule has 0 spiro atoms. The van der Waals surface area contributed by atoms with Gasteiger partial charge in [0.1, 0.15) is 0 Å². The molecule has 0 atom stereocenters. The number of hydrogen-bond donors (Lipinski definition) is 2. The highest BCUT2D eigenvalue weighted by atomic mass is 15.0. The highest BCUT2D eigenvalue weighted by molar-refractivity contribution is 4.51. The Morgan fingerprint density at radius 2 is 1.60 bits per heavy atom. The summed E-state index contributed by atoms with van der Waals surface area (Å²) in [5.74, 6) is 8.00. The Hall–Kier alpha value is -0.340. The van der Waals surface area contributed by atoms with Gasteiger partial charge in [-0.15, -0.1) is 6.58 Å². The average molecular weight is 74.1 g/mol. The Kier molecular flexibility index (Phi) is 105. The standard InChI is InChI=1S/C3H6.H4N2/c1-3-2;1-2/h3H,1H2,2H3;1-2H2. The molecule has 0 rings (SSSR count). The van der Waals surface area contributed by atoms with E-state index in [0.717, 1.165) is 0 Å². The van der Waals surface area contributed by atoms with Crippen LogP contribution in [0.2, 0.25) is 0 Å². The first-order chi connectivity index (χ1) is 2.41. The smallest absolute Gasteiger partial charge is 0.0473 e. The van der Waals surface area contributed by atoms with E-state index in [9.17, 15) is 0 Å². The maximum atomic E-state index is 4.00. The van der Waals surface area contributed by atoms with Crippen LogP contribution in [0.25, 0.3) is 0 Å². The summed E-state index contributed by atoms with van der Waals surface area (Å²) < 4.78 is 0. The second-order valence-electron chi connectivity index (χ2n) is 0.408. The predicted molar refractivity (Wildman–Crippen MR) is 24.2 cm³/mol. The maximum absolute atomic E-state index is 4.00. The maximum Gasteiger partial charge on any atom is -0.0473 e. The van der Waals surface area contributed by atoms with Crippen LogP contribution in [-0.4, -0.2) is 0 Å². The molecule has 2 heteroatoms. The van der Waals surface area contributed by atoms with Crippen LogP contribution in [0, 0.1) is 0 Å². The molecule has 2 nitrogen and oxygen atoms in total. The van der Waals surface area contributed by atoms with Crippen molar-refractivity contribution in [1.82, 2.24) is 0 Å². The first-order valence-electron chi connectivity index (χ1n) is 1.32. The summed E-state index contributed by atoms with van der Waals surface area (Å²) in [6.07, 6.45) is 1.75. The van der Waals surface area contributed by atoms with E-state index in [1.165, 1.54) is 0 Å². The van der Waals surface area contributed by atoms with E-state index in [-0.39, 0.29) is 0 Å². The minimum atomic E-state index is 1.75. The van der Waals surface area contributed by atoms with E-state index in [4.69, 9.17) is 0 Å². The molecular formula is C3H10N2. The third-order valence-corrected chi connectivity index (χ3v) is 0. The molecule has 0 saturated carbocycles. The summed E-state index contributed by atoms with van der Waals surface area (Å²) in [7, 11) is 0. The van der Waals surface area contributed by atoms with Crippen molar-refractivity contribution < 1.29 is 0 Å². The van der Waals surface area contributed by atoms with Crippen molar-refractivity contribution in [2.75, 3.05) is 0 Å². The second kappa shape index (κ2) is 59.5. The minimum absolute atomic E-state index is 1.75. The average Bonchev–Trinajstić information content (AvgIpc) is 1.46. The Labute approximate surface area is 32.4 Å². The van der Waals surface area contributed by atoms with E-state index in [0.29, 0.717) is 0 Å². The van der Waals surface area contributed by atoms with Gasteiger partial charge >= 0.3 is 0 Å². The molecule has 0 aliphatic carbocycles. The van der Waals surface area contributed by atoms with Crippen molar-refractivity contribution in [2.45, 2.75) is 6.92 Å². The Bertz CT molecular complexity index is 12.4. The van der Waals surface area contributed by atoms with Gasteiger partial charge in [0, 0.05) is 0 Å². The fourth-order valence-corrected chi connectivity index (χ4v) is 0. The summed E-state index contributed by atoms with van der Waals surface area (Å²) >= 11 is 0. The third kappa shape index (κ3) is 87.2. The highest BCUT2D eigenvalue weighted by Gasteiger charge is 1.15. The zero-order valence-corrected chi connectivity index (χ0v) is 3.44. The first kappa shape index (κ1) is 8.82. The molecule has 32 valence electrons. The fraction of sp³-hybridized carbons (Fsp3) is 0.333. The molecule has 0 aliphatic heterocycles. The van der Waals surface area contributed by atoms with E-state index < -0.39 is 0 Å². The molecular weight excluding hydrogens is 64.0 g/mol. The van der Waals surface area contributed by atoms with Crippen LogP contribution >= 0.6 is 0 Å². The molecule has 0 heterocycles. The number of rotatable bonds is 0. The monoisotopic (exact) mass is 74.1 g/mol. The van der Waals surface area contributed by atoms with Crippen LogP contribution in [0.5, 0.6) is 0 Å². The molecule has 0 aromatic heterocycles. The minimum Gasteiger partial charge on any atom is -0.274 e. The molecule has 0 fully saturated rings. The molecule has 0 saturated heterocycles. The van der Waals surface area contributed by atoms with E-state index in [1.54, 1.807) is 6.08 Å². The zero-order valence-electron chi connectivity index (χ0n) is 3.44. The number of nitrogens with two attached hydrogens (primary N) is 2. The van der Waals surface area contributed by atoms with Crippen LogP contribution in [0.15, 0.2) is 12.7 Å². The highest BCUT2D eigenvalue weighted by Crippen LogP contribution is 1.38. The van der Waals surface area contributed by atoms with Gasteiger partial charge in [-0.1, -0.05) is 6.08 Å². The molecule has 0 aliphatic rings. The van der Waals surface area contributed by atoms with Crippen molar-refractivity contribution in [2.24, 2.45) is 11.7 Å². The SMILES string of the molecule is C=CC.NN. The van der Waals surface area contributed by atoms with Crippen LogP contribution in [0.4, 0.5) is 0 Å². The van der Waals surface area contributed by atoms with Crippen molar-refractivity contribution in [1.29, 1.82) is 0 Å². The summed E-state index contributed by atoms with van der Waals surface area (Å²) in [4.78, 5) is 0. The molecule has 0 unspecified atom stereocenters. The van der Waals surface area contributed by atoms with Gasteiger partial charge < -0.3 is 0 Å². The summed E-state index contributed by atoms with van der Waals surface area (Å²) in [5, 5.41) is 0. The molecule has 0 amide bonds. The van der Waals surface area contributed by atoms with Crippen molar-refractivity contribution >= 4 is 0 Å². The normalized spacial score (nSPS) is 3.80. The lowest BCUT2D eigenvalue weighted by molar-refractivity contribution is 1.26. The predicted octanol–water partition coefficient (Wildman–Crippen LogP) is 0.0111. The lowest BCUT2D eigenvalue weighted by Gasteiger charge is -1.31. The van der Waals surface area contributed by atoms with E-state index in [2.05, 4.69) is 18.3 Å². The lowest BCUT2D eigenvalue weighted by atomic mass is 10.8. The lowest BCUT2D eigenvalue weighted by Crippen LogP contribution is -2.02. The van der Waals surface area contributed by atoms with Gasteiger partial charge in [-0.05, 0) is 6.92 Å². The van der Waals surface area contributed by atoms with E-state index >= 15 is 0 Å². The first-order valence-corrected chi connectivity index (χ1v) is 1.32. The van der Waals surface area contributed by atoms with Gasteiger partial charge in [0.2, 0.25) is 0 Å². The molecule has 5 heavy (non-hydrogen) atoms. The van der Waals surface area contributed by atoms with Crippen LogP contribution in [-0.2, 0) is 0 Å². The van der Waals surface area contributed by atoms with Crippen molar-refractivity contribution in [3.63, 3.8) is 0 Å². The topological polar surface area (TPSA) is 52.0 Å². The Morgan fingerprint density at radius 3 is 1.60 bits per heavy atom. The summed E-state index contributed by atoms with van der Waals surface area (Å²) in [6.45, 7) is 5.25. The number of hydrogen-bond acceptors (Lipinski definition) is 2. The summed E-state index contributed by atoms with van der Waals surface area (Å²) in [5.41, 5.74) is 0. The van der Waals surface area contributed by atoms with Crippen molar-refractivity contribution in [3.8, 4) is 0 Å². The number of allylic oxidation sites excluding steroid dienone is 1. The van der Waals surface area contributed by atoms with Crippen LogP contribution < -0.4 is 11.7 Å². The van der Waals surface area contributed by atoms with E-state index in [1.807, 2.05) is 6.92 Å². The molecule has 0 aromatic carbocycles. The van der Waals surface area contributed by atoms with Gasteiger partial charge in [-0.2, -0.15) is 0 Å². The van der Waals surface area contributed by atoms with Gasteiger partial charge in [-0.25, -0.2) is 0 Å².